The van der Waals surface area contributed by atoms with Gasteiger partial charge in [0.15, 0.2) is 5.16 Å². The summed E-state index contributed by atoms with van der Waals surface area (Å²) in [6.07, 6.45) is 2.75. The first-order chi connectivity index (χ1) is 13.7. The topological polar surface area (TPSA) is 44.2 Å². The van der Waals surface area contributed by atoms with E-state index in [0.29, 0.717) is 36.0 Å². The lowest BCUT2D eigenvalue weighted by Gasteiger charge is -2.17. The van der Waals surface area contributed by atoms with Crippen molar-refractivity contribution in [2.75, 3.05) is 6.26 Å². The molecule has 3 rings (SSSR count). The molecule has 0 radical (unpaired) electrons. The number of nitrogens with zero attached hydrogens (tertiary/aromatic N) is 2. The minimum atomic E-state index is 0.432. The van der Waals surface area contributed by atoms with E-state index in [1.54, 1.807) is 0 Å². The Bertz CT molecular complexity index is 806. The normalized spacial score (nSPS) is 10.9. The van der Waals surface area contributed by atoms with E-state index in [-0.39, 0.29) is 0 Å². The van der Waals surface area contributed by atoms with Gasteiger partial charge in [0, 0.05) is 0 Å². The highest BCUT2D eigenvalue weighted by Crippen LogP contribution is 2.31. The van der Waals surface area contributed by atoms with Gasteiger partial charge in [-0.05, 0) is 29.7 Å². The van der Waals surface area contributed by atoms with Gasteiger partial charge in [0.2, 0.25) is 11.8 Å². The zero-order valence-electron chi connectivity index (χ0n) is 16.6. The first-order valence-electron chi connectivity index (χ1n) is 9.44. The number of hydrogen-bond donors (Lipinski definition) is 0. The molecule has 0 bridgehead atoms. The SMILES string of the molecule is CSc1nc(OCc2ccccc2)c(CC(C)C)c(OCc2ccccc2)n1. The van der Waals surface area contributed by atoms with Crippen LogP contribution < -0.4 is 9.47 Å². The Kier molecular flexibility index (Phi) is 7.31. The fourth-order valence-corrected chi connectivity index (χ4v) is 3.14. The number of ether oxygens (including phenoxy) is 2. The van der Waals surface area contributed by atoms with E-state index in [4.69, 9.17) is 9.47 Å². The molecule has 0 aliphatic heterocycles. The van der Waals surface area contributed by atoms with E-state index < -0.39 is 0 Å². The summed E-state index contributed by atoms with van der Waals surface area (Å²) in [6.45, 7) is 5.28. The molecule has 0 atom stereocenters. The Morgan fingerprint density at radius 2 is 1.25 bits per heavy atom. The second-order valence-electron chi connectivity index (χ2n) is 6.95. The molecule has 146 valence electrons. The van der Waals surface area contributed by atoms with Crippen molar-refractivity contribution in [2.45, 2.75) is 38.6 Å². The Balaban J connectivity index is 1.87. The third kappa shape index (κ3) is 5.73. The largest absolute Gasteiger partial charge is 0.472 e. The Morgan fingerprint density at radius 3 is 1.64 bits per heavy atom. The molecule has 0 spiro atoms. The lowest BCUT2D eigenvalue weighted by molar-refractivity contribution is 0.260. The first kappa shape index (κ1) is 20.2. The van der Waals surface area contributed by atoms with Gasteiger partial charge in [-0.15, -0.1) is 0 Å². The zero-order valence-corrected chi connectivity index (χ0v) is 17.4. The average molecular weight is 395 g/mol. The average Bonchev–Trinajstić information content (AvgIpc) is 2.73. The van der Waals surface area contributed by atoms with Gasteiger partial charge in [0.1, 0.15) is 13.2 Å². The van der Waals surface area contributed by atoms with Crippen LogP contribution in [0.15, 0.2) is 65.8 Å². The Labute approximate surface area is 171 Å². The highest BCUT2D eigenvalue weighted by molar-refractivity contribution is 7.98. The van der Waals surface area contributed by atoms with Crippen molar-refractivity contribution in [3.05, 3.63) is 77.4 Å². The van der Waals surface area contributed by atoms with Gasteiger partial charge < -0.3 is 9.47 Å². The second-order valence-corrected chi connectivity index (χ2v) is 7.72. The number of hydrogen-bond acceptors (Lipinski definition) is 5. The lowest BCUT2D eigenvalue weighted by Crippen LogP contribution is -2.09. The van der Waals surface area contributed by atoms with Gasteiger partial charge in [-0.25, -0.2) is 0 Å². The third-order valence-electron chi connectivity index (χ3n) is 4.14. The van der Waals surface area contributed by atoms with Crippen LogP contribution in [0.5, 0.6) is 11.8 Å². The van der Waals surface area contributed by atoms with Crippen molar-refractivity contribution in [3.63, 3.8) is 0 Å². The van der Waals surface area contributed by atoms with Gasteiger partial charge in [-0.2, -0.15) is 9.97 Å². The molecule has 1 aromatic heterocycles. The Morgan fingerprint density at radius 1 is 0.786 bits per heavy atom. The fraction of sp³-hybridized carbons (Fsp3) is 0.304. The van der Waals surface area contributed by atoms with Crippen LogP contribution in [0.25, 0.3) is 0 Å². The van der Waals surface area contributed by atoms with Crippen LogP contribution in [0.1, 0.15) is 30.5 Å². The molecule has 0 aliphatic rings. The molecule has 5 heteroatoms. The van der Waals surface area contributed by atoms with E-state index in [0.717, 1.165) is 23.1 Å². The summed E-state index contributed by atoms with van der Waals surface area (Å²) in [5.41, 5.74) is 3.14. The number of benzene rings is 2. The van der Waals surface area contributed by atoms with Crippen molar-refractivity contribution < 1.29 is 9.47 Å². The monoisotopic (exact) mass is 394 g/mol. The molecule has 28 heavy (non-hydrogen) atoms. The number of rotatable bonds is 9. The molecule has 3 aromatic rings. The molecular formula is C23H26N2O2S. The van der Waals surface area contributed by atoms with Gasteiger partial charge in [0.05, 0.1) is 5.56 Å². The summed E-state index contributed by atoms with van der Waals surface area (Å²) in [5.74, 6) is 1.65. The molecular weight excluding hydrogens is 368 g/mol. The minimum absolute atomic E-state index is 0.432. The van der Waals surface area contributed by atoms with Crippen LogP contribution in [0.2, 0.25) is 0 Å². The Hall–Kier alpha value is -2.53. The summed E-state index contributed by atoms with van der Waals surface area (Å²) >= 11 is 1.49. The van der Waals surface area contributed by atoms with Crippen molar-refractivity contribution in [1.29, 1.82) is 0 Å². The predicted octanol–water partition coefficient (Wildman–Crippen LogP) is 5.56. The minimum Gasteiger partial charge on any atom is -0.472 e. The van der Waals surface area contributed by atoms with E-state index in [1.165, 1.54) is 11.8 Å². The highest BCUT2D eigenvalue weighted by Gasteiger charge is 2.19. The van der Waals surface area contributed by atoms with E-state index in [9.17, 15) is 0 Å². The van der Waals surface area contributed by atoms with Crippen molar-refractivity contribution in [3.8, 4) is 11.8 Å². The van der Waals surface area contributed by atoms with Crippen molar-refractivity contribution >= 4 is 11.8 Å². The van der Waals surface area contributed by atoms with Crippen LogP contribution in [-0.4, -0.2) is 16.2 Å². The number of thioether (sulfide) groups is 1. The molecule has 0 aliphatic carbocycles. The molecule has 0 fully saturated rings. The van der Waals surface area contributed by atoms with Crippen LogP contribution in [0.4, 0.5) is 0 Å². The summed E-state index contributed by atoms with van der Waals surface area (Å²) in [4.78, 5) is 9.25. The zero-order chi connectivity index (χ0) is 19.8. The van der Waals surface area contributed by atoms with Crippen LogP contribution in [-0.2, 0) is 19.6 Å². The summed E-state index contributed by atoms with van der Waals surface area (Å²) < 4.78 is 12.2. The quantitative estimate of drug-likeness (QED) is 0.351. The number of aromatic nitrogens is 2. The fourth-order valence-electron chi connectivity index (χ4n) is 2.79. The van der Waals surface area contributed by atoms with E-state index in [2.05, 4.69) is 23.8 Å². The molecule has 0 saturated heterocycles. The molecule has 0 saturated carbocycles. The van der Waals surface area contributed by atoms with Gasteiger partial charge >= 0.3 is 0 Å². The molecule has 0 amide bonds. The highest BCUT2D eigenvalue weighted by atomic mass is 32.2. The molecule has 1 heterocycles. The smallest absolute Gasteiger partial charge is 0.224 e. The summed E-state index contributed by atoms with van der Waals surface area (Å²) in [6, 6.07) is 20.2. The molecule has 2 aromatic carbocycles. The summed E-state index contributed by atoms with van der Waals surface area (Å²) in [5, 5.41) is 0.652. The molecule has 0 N–H and O–H groups in total. The maximum Gasteiger partial charge on any atom is 0.224 e. The molecule has 4 nitrogen and oxygen atoms in total. The maximum atomic E-state index is 6.11. The predicted molar refractivity (Wildman–Crippen MR) is 114 cm³/mol. The first-order valence-corrected chi connectivity index (χ1v) is 10.7. The lowest BCUT2D eigenvalue weighted by atomic mass is 10.0. The standard InChI is InChI=1S/C23H26N2O2S/c1-17(2)14-20-21(26-15-18-10-6-4-7-11-18)24-23(28-3)25-22(20)27-16-19-12-8-5-9-13-19/h4-13,17H,14-16H2,1-3H3. The van der Waals surface area contributed by atoms with Crippen LogP contribution in [0.3, 0.4) is 0 Å². The second kappa shape index (κ2) is 10.1. The van der Waals surface area contributed by atoms with Crippen LogP contribution in [0, 0.1) is 5.92 Å². The van der Waals surface area contributed by atoms with E-state index >= 15 is 0 Å². The maximum absolute atomic E-state index is 6.11. The van der Waals surface area contributed by atoms with E-state index in [1.807, 2.05) is 66.9 Å². The van der Waals surface area contributed by atoms with Crippen LogP contribution >= 0.6 is 11.8 Å². The van der Waals surface area contributed by atoms with Crippen molar-refractivity contribution in [1.82, 2.24) is 9.97 Å². The molecule has 0 unspecified atom stereocenters. The van der Waals surface area contributed by atoms with Crippen molar-refractivity contribution in [2.24, 2.45) is 5.92 Å². The van der Waals surface area contributed by atoms with Gasteiger partial charge in [-0.1, -0.05) is 86.3 Å². The third-order valence-corrected chi connectivity index (χ3v) is 4.69. The van der Waals surface area contributed by atoms with Gasteiger partial charge in [0.25, 0.3) is 0 Å². The summed E-state index contributed by atoms with van der Waals surface area (Å²) in [7, 11) is 0. The van der Waals surface area contributed by atoms with Gasteiger partial charge in [-0.3, -0.25) is 0 Å².